The molecule has 0 radical (unpaired) electrons. The van der Waals surface area contributed by atoms with E-state index >= 15 is 0 Å². The van der Waals surface area contributed by atoms with Crippen LogP contribution in [0.15, 0.2) is 30.6 Å². The van der Waals surface area contributed by atoms with Crippen LogP contribution in [0.5, 0.6) is 0 Å². The fraction of sp³-hybridized carbons (Fsp3) is 0.375. The van der Waals surface area contributed by atoms with E-state index in [4.69, 9.17) is 0 Å². The third kappa shape index (κ3) is 3.94. The first-order valence-electron chi connectivity index (χ1n) is 7.65. The molecule has 23 heavy (non-hydrogen) atoms. The first-order valence-corrected chi connectivity index (χ1v) is 7.65. The molecule has 7 nitrogen and oxygen atoms in total. The van der Waals surface area contributed by atoms with E-state index in [1.807, 2.05) is 25.2 Å². The first kappa shape index (κ1) is 15.2. The zero-order chi connectivity index (χ0) is 16.2. The molecule has 0 unspecified atom stereocenters. The molecule has 0 aromatic carbocycles. The molecular formula is C16H19N5O2. The van der Waals surface area contributed by atoms with Crippen molar-refractivity contribution in [1.29, 1.82) is 0 Å². The number of hydrogen-bond donors (Lipinski definition) is 2. The van der Waals surface area contributed by atoms with Crippen LogP contribution in [0.25, 0.3) is 0 Å². The maximum Gasteiger partial charge on any atom is 0.314 e. The summed E-state index contributed by atoms with van der Waals surface area (Å²) < 4.78 is 1.76. The normalized spacial score (nSPS) is 13.6. The molecule has 1 aliphatic rings. The van der Waals surface area contributed by atoms with Crippen LogP contribution in [0.4, 0.5) is 5.82 Å². The van der Waals surface area contributed by atoms with E-state index in [0.29, 0.717) is 24.7 Å². The van der Waals surface area contributed by atoms with Crippen molar-refractivity contribution in [3.63, 3.8) is 0 Å². The van der Waals surface area contributed by atoms with Gasteiger partial charge in [0.15, 0.2) is 5.82 Å². The number of carbonyl (C=O) groups excluding carboxylic acids is 2. The van der Waals surface area contributed by atoms with Crippen LogP contribution < -0.4 is 10.6 Å². The molecule has 1 aliphatic carbocycles. The molecular weight excluding hydrogens is 294 g/mol. The van der Waals surface area contributed by atoms with Gasteiger partial charge in [0.2, 0.25) is 0 Å². The minimum Gasteiger partial charge on any atom is -0.347 e. The first-order chi connectivity index (χ1) is 11.1. The Hall–Kier alpha value is -2.70. The summed E-state index contributed by atoms with van der Waals surface area (Å²) in [4.78, 5) is 27.7. The third-order valence-electron chi connectivity index (χ3n) is 3.78. The molecule has 0 aliphatic heterocycles. The third-order valence-corrected chi connectivity index (χ3v) is 3.78. The van der Waals surface area contributed by atoms with Crippen molar-refractivity contribution < 1.29 is 9.59 Å². The fourth-order valence-corrected chi connectivity index (χ4v) is 2.42. The number of rotatable bonds is 5. The van der Waals surface area contributed by atoms with Crippen molar-refractivity contribution >= 4 is 17.6 Å². The van der Waals surface area contributed by atoms with Gasteiger partial charge in [0.1, 0.15) is 0 Å². The molecule has 2 amide bonds. The Kier molecular flexibility index (Phi) is 4.36. The summed E-state index contributed by atoms with van der Waals surface area (Å²) in [5.41, 5.74) is 2.10. The minimum absolute atomic E-state index is 0.382. The van der Waals surface area contributed by atoms with Crippen molar-refractivity contribution in [2.75, 3.05) is 11.9 Å². The monoisotopic (exact) mass is 313 g/mol. The van der Waals surface area contributed by atoms with E-state index < -0.39 is 11.8 Å². The van der Waals surface area contributed by atoms with Gasteiger partial charge >= 0.3 is 11.8 Å². The smallest absolute Gasteiger partial charge is 0.314 e. The van der Waals surface area contributed by atoms with Gasteiger partial charge in [-0.3, -0.25) is 19.3 Å². The van der Waals surface area contributed by atoms with Crippen molar-refractivity contribution in [3.05, 3.63) is 41.9 Å². The lowest BCUT2D eigenvalue weighted by atomic mass is 10.2. The van der Waals surface area contributed by atoms with Crippen LogP contribution in [0.3, 0.4) is 0 Å². The van der Waals surface area contributed by atoms with Crippen LogP contribution in [0.2, 0.25) is 0 Å². The lowest BCUT2D eigenvalue weighted by Gasteiger charge is -2.04. The minimum atomic E-state index is -0.698. The number of aryl methyl sites for hydroxylation is 1. The van der Waals surface area contributed by atoms with Gasteiger partial charge in [-0.2, -0.15) is 5.10 Å². The fourth-order valence-electron chi connectivity index (χ4n) is 2.42. The zero-order valence-electron chi connectivity index (χ0n) is 13.0. The van der Waals surface area contributed by atoms with E-state index in [0.717, 1.165) is 24.1 Å². The Morgan fingerprint density at radius 2 is 2.17 bits per heavy atom. The predicted octanol–water partition coefficient (Wildman–Crippen LogP) is 0.990. The van der Waals surface area contributed by atoms with Crippen LogP contribution in [0.1, 0.15) is 30.0 Å². The average Bonchev–Trinajstić information content (AvgIpc) is 3.32. The number of nitrogens with zero attached hydrogens (tertiary/aromatic N) is 3. The number of aromatic nitrogens is 3. The molecule has 120 valence electrons. The van der Waals surface area contributed by atoms with Gasteiger partial charge in [0.25, 0.3) is 0 Å². The second-order valence-corrected chi connectivity index (χ2v) is 5.67. The summed E-state index contributed by atoms with van der Waals surface area (Å²) in [5, 5.41) is 9.35. The zero-order valence-corrected chi connectivity index (χ0v) is 13.0. The summed E-state index contributed by atoms with van der Waals surface area (Å²) in [7, 11) is 1.84. The van der Waals surface area contributed by atoms with Gasteiger partial charge in [-0.15, -0.1) is 0 Å². The molecule has 2 aromatic rings. The van der Waals surface area contributed by atoms with Gasteiger partial charge in [-0.05, 0) is 30.9 Å². The largest absolute Gasteiger partial charge is 0.347 e. The van der Waals surface area contributed by atoms with Crippen molar-refractivity contribution in [2.45, 2.75) is 25.2 Å². The topological polar surface area (TPSA) is 88.9 Å². The number of pyridine rings is 1. The highest BCUT2D eigenvalue weighted by Crippen LogP contribution is 2.40. The summed E-state index contributed by atoms with van der Waals surface area (Å²) in [6, 6.07) is 5.59. The van der Waals surface area contributed by atoms with Crippen molar-refractivity contribution in [2.24, 2.45) is 7.05 Å². The van der Waals surface area contributed by atoms with E-state index in [1.165, 1.54) is 0 Å². The highest BCUT2D eigenvalue weighted by molar-refractivity contribution is 6.39. The lowest BCUT2D eigenvalue weighted by molar-refractivity contribution is -0.136. The Morgan fingerprint density at radius 3 is 2.87 bits per heavy atom. The molecule has 2 heterocycles. The number of nitrogens with one attached hydrogen (secondary N) is 2. The lowest BCUT2D eigenvalue weighted by Crippen LogP contribution is -2.36. The van der Waals surface area contributed by atoms with Gasteiger partial charge in [0, 0.05) is 43.7 Å². The van der Waals surface area contributed by atoms with Crippen LogP contribution in [-0.4, -0.2) is 33.1 Å². The van der Waals surface area contributed by atoms with E-state index in [-0.39, 0.29) is 0 Å². The van der Waals surface area contributed by atoms with Crippen LogP contribution >= 0.6 is 0 Å². The Labute approximate surface area is 134 Å². The molecule has 0 bridgehead atoms. The van der Waals surface area contributed by atoms with Gasteiger partial charge in [-0.1, -0.05) is 6.07 Å². The summed E-state index contributed by atoms with van der Waals surface area (Å²) in [6.45, 7) is 0.382. The molecule has 7 heteroatoms. The molecule has 2 N–H and O–H groups in total. The summed E-state index contributed by atoms with van der Waals surface area (Å²) in [5.74, 6) is -0.405. The van der Waals surface area contributed by atoms with E-state index in [9.17, 15) is 9.59 Å². The molecule has 0 spiro atoms. The van der Waals surface area contributed by atoms with Crippen molar-refractivity contribution in [1.82, 2.24) is 20.1 Å². The average molecular weight is 313 g/mol. The van der Waals surface area contributed by atoms with Crippen LogP contribution in [0, 0.1) is 0 Å². The van der Waals surface area contributed by atoms with Gasteiger partial charge < -0.3 is 10.6 Å². The summed E-state index contributed by atoms with van der Waals surface area (Å²) in [6.07, 6.45) is 6.36. The molecule has 3 rings (SSSR count). The van der Waals surface area contributed by atoms with Gasteiger partial charge in [0.05, 0.1) is 0 Å². The van der Waals surface area contributed by atoms with Crippen LogP contribution in [-0.2, 0) is 23.1 Å². The van der Waals surface area contributed by atoms with E-state index in [1.54, 1.807) is 17.1 Å². The second kappa shape index (κ2) is 6.60. The quantitative estimate of drug-likeness (QED) is 0.806. The Balaban J connectivity index is 1.47. The number of carbonyl (C=O) groups is 2. The number of amides is 2. The predicted molar refractivity (Wildman–Crippen MR) is 84.8 cm³/mol. The molecule has 0 atom stereocenters. The highest BCUT2D eigenvalue weighted by Gasteiger charge is 2.27. The summed E-state index contributed by atoms with van der Waals surface area (Å²) >= 11 is 0. The van der Waals surface area contributed by atoms with E-state index in [2.05, 4.69) is 20.7 Å². The Morgan fingerprint density at radius 1 is 1.35 bits per heavy atom. The SMILES string of the molecule is Cn1nc(NC(=O)C(=O)NCCc2cccnc2)cc1C1CC1. The highest BCUT2D eigenvalue weighted by atomic mass is 16.2. The molecule has 2 aromatic heterocycles. The standard InChI is InChI=1S/C16H19N5O2/c1-21-13(12-4-5-12)9-14(20-21)19-16(23)15(22)18-8-6-11-3-2-7-17-10-11/h2-3,7,9-10,12H,4-6,8H2,1H3,(H,18,22)(H,19,20,23). The molecule has 0 saturated heterocycles. The second-order valence-electron chi connectivity index (χ2n) is 5.67. The Bertz CT molecular complexity index is 707. The molecule has 1 fully saturated rings. The van der Waals surface area contributed by atoms with Crippen molar-refractivity contribution in [3.8, 4) is 0 Å². The maximum atomic E-state index is 11.9. The number of anilines is 1. The number of hydrogen-bond acceptors (Lipinski definition) is 4. The van der Waals surface area contributed by atoms with Gasteiger partial charge in [-0.25, -0.2) is 0 Å². The molecule has 1 saturated carbocycles. The maximum absolute atomic E-state index is 11.9.